The number of carbonyl (C=O) groups is 2. The van der Waals surface area contributed by atoms with Crippen LogP contribution < -0.4 is 0 Å². The Balaban J connectivity index is 2.92. The maximum Gasteiger partial charge on any atom is 0.323 e. The number of nitrogens with zero attached hydrogens (tertiary/aromatic N) is 1. The number of carbonyl (C=O) groups excluding carboxylic acids is 1. The monoisotopic (exact) mass is 231 g/mol. The molecule has 0 aliphatic heterocycles. The molecule has 0 spiro atoms. The zero-order chi connectivity index (χ0) is 12.8. The van der Waals surface area contributed by atoms with E-state index in [1.807, 2.05) is 13.0 Å². The van der Waals surface area contributed by atoms with Crippen LogP contribution in [0.4, 0.5) is 0 Å². The molecule has 0 heterocycles. The number of hydrogen-bond acceptors (Lipinski definition) is 2. The fourth-order valence-electron chi connectivity index (χ4n) is 1.43. The first-order chi connectivity index (χ1) is 8.04. The van der Waals surface area contributed by atoms with Crippen LogP contribution in [-0.2, 0) is 4.79 Å². The molecule has 0 atom stereocenters. The van der Waals surface area contributed by atoms with Gasteiger partial charge in [0.15, 0.2) is 0 Å². The Kier molecular flexibility index (Phi) is 4.29. The van der Waals surface area contributed by atoms with Crippen LogP contribution in [0.5, 0.6) is 0 Å². The highest BCUT2D eigenvalue weighted by molar-refractivity contribution is 5.96. The van der Waals surface area contributed by atoms with Crippen molar-refractivity contribution < 1.29 is 14.7 Å². The molecule has 0 saturated heterocycles. The molecular formula is C13H13NO3. The smallest absolute Gasteiger partial charge is 0.323 e. The van der Waals surface area contributed by atoms with E-state index >= 15 is 0 Å². The highest BCUT2D eigenvalue weighted by Crippen LogP contribution is 2.07. The second-order valence-corrected chi connectivity index (χ2v) is 3.63. The normalized spacial score (nSPS) is 9.41. The van der Waals surface area contributed by atoms with Crippen molar-refractivity contribution in [2.45, 2.75) is 6.92 Å². The number of aryl methyl sites for hydroxylation is 1. The number of amides is 1. The summed E-state index contributed by atoms with van der Waals surface area (Å²) in [6.07, 6.45) is 5.11. The zero-order valence-corrected chi connectivity index (χ0v) is 9.51. The van der Waals surface area contributed by atoms with Gasteiger partial charge in [-0.25, -0.2) is 0 Å². The van der Waals surface area contributed by atoms with Gasteiger partial charge in [0.1, 0.15) is 6.54 Å². The number of aliphatic carboxylic acids is 1. The average Bonchev–Trinajstić information content (AvgIpc) is 2.27. The Bertz CT molecular complexity index is 474. The van der Waals surface area contributed by atoms with E-state index in [4.69, 9.17) is 11.5 Å². The summed E-state index contributed by atoms with van der Waals surface area (Å²) < 4.78 is 0. The number of terminal acetylenes is 1. The minimum atomic E-state index is -1.08. The molecule has 0 aromatic heterocycles. The molecule has 4 nitrogen and oxygen atoms in total. The van der Waals surface area contributed by atoms with Crippen LogP contribution in [-0.4, -0.2) is 35.0 Å². The Labute approximate surface area is 99.9 Å². The zero-order valence-electron chi connectivity index (χ0n) is 9.51. The van der Waals surface area contributed by atoms with Crippen molar-refractivity contribution in [1.82, 2.24) is 4.90 Å². The molecule has 1 aromatic carbocycles. The van der Waals surface area contributed by atoms with Gasteiger partial charge in [0.25, 0.3) is 5.91 Å². The average molecular weight is 231 g/mol. The highest BCUT2D eigenvalue weighted by Gasteiger charge is 2.17. The Hall–Kier alpha value is -2.28. The van der Waals surface area contributed by atoms with Gasteiger partial charge < -0.3 is 10.0 Å². The summed E-state index contributed by atoms with van der Waals surface area (Å²) in [5.74, 6) is 0.831. The summed E-state index contributed by atoms with van der Waals surface area (Å²) >= 11 is 0. The van der Waals surface area contributed by atoms with Gasteiger partial charge >= 0.3 is 5.97 Å². The molecule has 88 valence electrons. The third-order valence-corrected chi connectivity index (χ3v) is 2.16. The molecule has 0 aliphatic carbocycles. The third kappa shape index (κ3) is 3.65. The van der Waals surface area contributed by atoms with Crippen LogP contribution >= 0.6 is 0 Å². The molecule has 1 amide bonds. The minimum absolute atomic E-state index is 0.0148. The molecule has 0 aliphatic rings. The van der Waals surface area contributed by atoms with Gasteiger partial charge in [0.2, 0.25) is 0 Å². The van der Waals surface area contributed by atoms with Crippen LogP contribution in [0.15, 0.2) is 24.3 Å². The van der Waals surface area contributed by atoms with Crippen molar-refractivity contribution in [3.8, 4) is 12.3 Å². The van der Waals surface area contributed by atoms with E-state index in [9.17, 15) is 9.59 Å². The standard InChI is InChI=1S/C13H13NO3/c1-3-7-14(9-12(15)16)13(17)11-6-4-5-10(2)8-11/h1,4-6,8H,7,9H2,2H3,(H,15,16). The highest BCUT2D eigenvalue weighted by atomic mass is 16.4. The minimum Gasteiger partial charge on any atom is -0.480 e. The molecule has 1 aromatic rings. The van der Waals surface area contributed by atoms with Crippen molar-refractivity contribution in [2.75, 3.05) is 13.1 Å². The van der Waals surface area contributed by atoms with Crippen LogP contribution in [0.2, 0.25) is 0 Å². The van der Waals surface area contributed by atoms with Gasteiger partial charge in [0.05, 0.1) is 6.54 Å². The van der Waals surface area contributed by atoms with Crippen LogP contribution in [0.25, 0.3) is 0 Å². The third-order valence-electron chi connectivity index (χ3n) is 2.16. The number of carboxylic acids is 1. The lowest BCUT2D eigenvalue weighted by Crippen LogP contribution is -2.36. The number of benzene rings is 1. The molecule has 1 rings (SSSR count). The lowest BCUT2D eigenvalue weighted by molar-refractivity contribution is -0.137. The van der Waals surface area contributed by atoms with E-state index in [0.29, 0.717) is 5.56 Å². The number of hydrogen-bond donors (Lipinski definition) is 1. The summed E-state index contributed by atoms with van der Waals surface area (Å²) in [6, 6.07) is 6.95. The van der Waals surface area contributed by atoms with Gasteiger partial charge in [-0.1, -0.05) is 23.6 Å². The van der Waals surface area contributed by atoms with Crippen molar-refractivity contribution in [3.63, 3.8) is 0 Å². The number of rotatable bonds is 4. The summed E-state index contributed by atoms with van der Waals surface area (Å²) in [5.41, 5.74) is 1.38. The van der Waals surface area contributed by atoms with Gasteiger partial charge in [-0.05, 0) is 19.1 Å². The molecule has 0 radical (unpaired) electrons. The predicted molar refractivity (Wildman–Crippen MR) is 63.6 cm³/mol. The lowest BCUT2D eigenvalue weighted by Gasteiger charge is -2.18. The Morgan fingerprint density at radius 1 is 1.47 bits per heavy atom. The Morgan fingerprint density at radius 3 is 2.71 bits per heavy atom. The van der Waals surface area contributed by atoms with Crippen molar-refractivity contribution in [1.29, 1.82) is 0 Å². The van der Waals surface area contributed by atoms with Gasteiger partial charge in [-0.2, -0.15) is 0 Å². The lowest BCUT2D eigenvalue weighted by atomic mass is 10.1. The van der Waals surface area contributed by atoms with E-state index in [0.717, 1.165) is 10.5 Å². The predicted octanol–water partition coefficient (Wildman–Crippen LogP) is 1.16. The molecular weight excluding hydrogens is 218 g/mol. The van der Waals surface area contributed by atoms with E-state index in [2.05, 4.69) is 5.92 Å². The molecule has 1 N–H and O–H groups in total. The van der Waals surface area contributed by atoms with E-state index in [-0.39, 0.29) is 12.5 Å². The largest absolute Gasteiger partial charge is 0.480 e. The first kappa shape index (κ1) is 12.8. The second-order valence-electron chi connectivity index (χ2n) is 3.63. The quantitative estimate of drug-likeness (QED) is 0.791. The van der Waals surface area contributed by atoms with E-state index < -0.39 is 12.5 Å². The first-order valence-electron chi connectivity index (χ1n) is 5.06. The van der Waals surface area contributed by atoms with Crippen LogP contribution in [0.3, 0.4) is 0 Å². The van der Waals surface area contributed by atoms with E-state index in [1.54, 1.807) is 18.2 Å². The van der Waals surface area contributed by atoms with Crippen molar-refractivity contribution >= 4 is 11.9 Å². The number of carboxylic acid groups (broad SMARTS) is 1. The summed E-state index contributed by atoms with van der Waals surface area (Å²) in [7, 11) is 0. The maximum absolute atomic E-state index is 12.0. The van der Waals surface area contributed by atoms with Gasteiger partial charge in [-0.3, -0.25) is 9.59 Å². The van der Waals surface area contributed by atoms with E-state index in [1.165, 1.54) is 0 Å². The molecule has 0 fully saturated rings. The topological polar surface area (TPSA) is 57.6 Å². The molecule has 4 heteroatoms. The van der Waals surface area contributed by atoms with Crippen LogP contribution in [0.1, 0.15) is 15.9 Å². The Morgan fingerprint density at radius 2 is 2.18 bits per heavy atom. The van der Waals surface area contributed by atoms with Gasteiger partial charge in [-0.15, -0.1) is 6.42 Å². The first-order valence-corrected chi connectivity index (χ1v) is 5.06. The molecule has 0 bridgehead atoms. The summed E-state index contributed by atoms with van der Waals surface area (Å²) in [5, 5.41) is 8.70. The fraction of sp³-hybridized carbons (Fsp3) is 0.231. The fourth-order valence-corrected chi connectivity index (χ4v) is 1.43. The van der Waals surface area contributed by atoms with Gasteiger partial charge in [0, 0.05) is 5.56 Å². The molecule has 0 unspecified atom stereocenters. The second kappa shape index (κ2) is 5.71. The van der Waals surface area contributed by atoms with Crippen molar-refractivity contribution in [2.24, 2.45) is 0 Å². The summed E-state index contributed by atoms with van der Waals surface area (Å²) in [4.78, 5) is 23.7. The SMILES string of the molecule is C#CCN(CC(=O)O)C(=O)c1cccc(C)c1. The van der Waals surface area contributed by atoms with Crippen LogP contribution in [0, 0.1) is 19.3 Å². The maximum atomic E-state index is 12.0. The van der Waals surface area contributed by atoms with Crippen molar-refractivity contribution in [3.05, 3.63) is 35.4 Å². The molecule has 17 heavy (non-hydrogen) atoms. The molecule has 0 saturated carbocycles. The summed E-state index contributed by atoms with van der Waals surface area (Å²) in [6.45, 7) is 1.45.